The van der Waals surface area contributed by atoms with Crippen LogP contribution in [0.1, 0.15) is 13.0 Å². The molecule has 0 aliphatic rings. The first-order valence-electron chi connectivity index (χ1n) is 8.77. The number of ether oxygens (including phenoxy) is 1. The molecule has 2 aromatic heterocycles. The maximum atomic E-state index is 12.7. The van der Waals surface area contributed by atoms with Crippen molar-refractivity contribution in [3.63, 3.8) is 0 Å². The zero-order chi connectivity index (χ0) is 19.7. The molecule has 0 aliphatic carbocycles. The summed E-state index contributed by atoms with van der Waals surface area (Å²) in [5, 5.41) is 4.16. The molecular formula is C21H18N4O3. The van der Waals surface area contributed by atoms with Crippen LogP contribution in [-0.2, 0) is 4.79 Å². The number of pyridine rings is 1. The van der Waals surface area contributed by atoms with Gasteiger partial charge in [-0.25, -0.2) is 4.98 Å². The molecule has 0 radical (unpaired) electrons. The molecular weight excluding hydrogens is 356 g/mol. The lowest BCUT2D eigenvalue weighted by Crippen LogP contribution is -2.31. The van der Waals surface area contributed by atoms with Crippen LogP contribution in [0.15, 0.2) is 65.8 Å². The number of fused-ring (bicyclic) bond motifs is 2. The number of para-hydroxylation sites is 1. The third-order valence-electron chi connectivity index (χ3n) is 4.65. The van der Waals surface area contributed by atoms with Crippen molar-refractivity contribution >= 4 is 33.4 Å². The number of aromatic nitrogens is 3. The van der Waals surface area contributed by atoms with E-state index in [2.05, 4.69) is 15.3 Å². The highest BCUT2D eigenvalue weighted by Gasteiger charge is 2.18. The number of methoxy groups -OCH3 is 1. The number of anilines is 1. The van der Waals surface area contributed by atoms with Crippen molar-refractivity contribution in [3.8, 4) is 5.75 Å². The molecule has 140 valence electrons. The van der Waals surface area contributed by atoms with Crippen molar-refractivity contribution in [1.29, 1.82) is 0 Å². The van der Waals surface area contributed by atoms with Crippen molar-refractivity contribution in [2.75, 3.05) is 12.4 Å². The minimum absolute atomic E-state index is 0.253. The number of rotatable bonds is 4. The molecule has 7 heteroatoms. The number of benzene rings is 2. The number of nitrogens with one attached hydrogen (secondary N) is 1. The average Bonchev–Trinajstić information content (AvgIpc) is 2.73. The Morgan fingerprint density at radius 1 is 1.11 bits per heavy atom. The van der Waals surface area contributed by atoms with Crippen LogP contribution in [0, 0.1) is 0 Å². The highest BCUT2D eigenvalue weighted by Crippen LogP contribution is 2.22. The molecule has 4 aromatic rings. The summed E-state index contributed by atoms with van der Waals surface area (Å²) in [4.78, 5) is 34.0. The average molecular weight is 374 g/mol. The van der Waals surface area contributed by atoms with Crippen LogP contribution in [0.3, 0.4) is 0 Å². The summed E-state index contributed by atoms with van der Waals surface area (Å²) in [5.74, 6) is 0.391. The number of amides is 1. The lowest BCUT2D eigenvalue weighted by atomic mass is 10.2. The van der Waals surface area contributed by atoms with E-state index in [-0.39, 0.29) is 11.5 Å². The van der Waals surface area contributed by atoms with Crippen LogP contribution in [0.2, 0.25) is 0 Å². The predicted octanol–water partition coefficient (Wildman–Crippen LogP) is 3.15. The molecule has 0 saturated carbocycles. The molecule has 4 rings (SSSR count). The highest BCUT2D eigenvalue weighted by molar-refractivity contribution is 5.95. The van der Waals surface area contributed by atoms with Crippen LogP contribution in [0.25, 0.3) is 21.8 Å². The summed E-state index contributed by atoms with van der Waals surface area (Å²) in [6, 6.07) is 13.7. The summed E-state index contributed by atoms with van der Waals surface area (Å²) in [7, 11) is 1.60. The standard InChI is InChI=1S/C21H18N4O3/c1-13(25-12-23-18-6-4-3-5-17(18)21(25)27)20(26)24-15-9-14-7-8-16(28-2)10-19(14)22-11-15/h3-13H,1-2H3,(H,24,26)/t13-/m0/s1. The van der Waals surface area contributed by atoms with E-state index >= 15 is 0 Å². The summed E-state index contributed by atoms with van der Waals surface area (Å²) in [6.07, 6.45) is 2.98. The van der Waals surface area contributed by atoms with Crippen LogP contribution in [0.5, 0.6) is 5.75 Å². The van der Waals surface area contributed by atoms with Crippen LogP contribution < -0.4 is 15.6 Å². The highest BCUT2D eigenvalue weighted by atomic mass is 16.5. The summed E-state index contributed by atoms with van der Waals surface area (Å²) in [6.45, 7) is 1.66. The van der Waals surface area contributed by atoms with Crippen molar-refractivity contribution in [2.45, 2.75) is 13.0 Å². The fourth-order valence-corrected chi connectivity index (χ4v) is 3.03. The first kappa shape index (κ1) is 17.7. The quantitative estimate of drug-likeness (QED) is 0.593. The Bertz CT molecular complexity index is 1250. The third-order valence-corrected chi connectivity index (χ3v) is 4.65. The van der Waals surface area contributed by atoms with Crippen molar-refractivity contribution in [2.24, 2.45) is 0 Å². The van der Waals surface area contributed by atoms with E-state index in [0.29, 0.717) is 22.3 Å². The maximum absolute atomic E-state index is 12.7. The van der Waals surface area contributed by atoms with Gasteiger partial charge in [-0.3, -0.25) is 19.1 Å². The fraction of sp³-hybridized carbons (Fsp3) is 0.143. The third kappa shape index (κ3) is 3.18. The molecule has 0 bridgehead atoms. The van der Waals surface area contributed by atoms with E-state index in [1.54, 1.807) is 38.4 Å². The topological polar surface area (TPSA) is 86.1 Å². The molecule has 2 heterocycles. The smallest absolute Gasteiger partial charge is 0.261 e. The first-order chi connectivity index (χ1) is 13.6. The minimum Gasteiger partial charge on any atom is -0.497 e. The second-order valence-corrected chi connectivity index (χ2v) is 6.42. The van der Waals surface area contributed by atoms with Gasteiger partial charge in [0, 0.05) is 11.5 Å². The first-order valence-corrected chi connectivity index (χ1v) is 8.77. The Morgan fingerprint density at radius 2 is 1.93 bits per heavy atom. The van der Waals surface area contributed by atoms with Gasteiger partial charge in [-0.2, -0.15) is 0 Å². The van der Waals surface area contributed by atoms with Gasteiger partial charge >= 0.3 is 0 Å². The van der Waals surface area contributed by atoms with Gasteiger partial charge in [0.25, 0.3) is 5.56 Å². The Labute approximate surface area is 160 Å². The summed E-state index contributed by atoms with van der Waals surface area (Å²) >= 11 is 0. The number of carbonyl (C=O) groups is 1. The van der Waals surface area contributed by atoms with E-state index in [1.165, 1.54) is 10.9 Å². The minimum atomic E-state index is -0.726. The molecule has 1 atom stereocenters. The van der Waals surface area contributed by atoms with Crippen LogP contribution in [0.4, 0.5) is 5.69 Å². The molecule has 1 N–H and O–H groups in total. The molecule has 0 unspecified atom stereocenters. The van der Waals surface area contributed by atoms with Gasteiger partial charge in [0.2, 0.25) is 5.91 Å². The molecule has 0 aliphatic heterocycles. The monoisotopic (exact) mass is 374 g/mol. The van der Waals surface area contributed by atoms with Gasteiger partial charge in [0.05, 0.1) is 41.7 Å². The number of carbonyl (C=O) groups excluding carboxylic acids is 1. The second-order valence-electron chi connectivity index (χ2n) is 6.42. The van der Waals surface area contributed by atoms with Crippen molar-refractivity contribution in [3.05, 3.63) is 71.4 Å². The van der Waals surface area contributed by atoms with E-state index in [0.717, 1.165) is 10.9 Å². The number of nitrogens with zero attached hydrogens (tertiary/aromatic N) is 3. The second kappa shape index (κ2) is 7.11. The Balaban J connectivity index is 1.60. The van der Waals surface area contributed by atoms with Gasteiger partial charge in [0.15, 0.2) is 0 Å². The van der Waals surface area contributed by atoms with Gasteiger partial charge in [0.1, 0.15) is 11.8 Å². The van der Waals surface area contributed by atoms with Crippen LogP contribution >= 0.6 is 0 Å². The van der Waals surface area contributed by atoms with Gasteiger partial charge in [-0.05, 0) is 37.3 Å². The van der Waals surface area contributed by atoms with Crippen molar-refractivity contribution < 1.29 is 9.53 Å². The largest absolute Gasteiger partial charge is 0.497 e. The van der Waals surface area contributed by atoms with Crippen LogP contribution in [-0.4, -0.2) is 27.6 Å². The zero-order valence-corrected chi connectivity index (χ0v) is 15.4. The van der Waals surface area contributed by atoms with E-state index < -0.39 is 6.04 Å². The predicted molar refractivity (Wildman–Crippen MR) is 108 cm³/mol. The summed E-state index contributed by atoms with van der Waals surface area (Å²) in [5.41, 5.74) is 1.67. The van der Waals surface area contributed by atoms with E-state index in [1.807, 2.05) is 30.3 Å². The lowest BCUT2D eigenvalue weighted by Gasteiger charge is -2.15. The Hall–Kier alpha value is -3.74. The van der Waals surface area contributed by atoms with Gasteiger partial charge in [-0.15, -0.1) is 0 Å². The van der Waals surface area contributed by atoms with E-state index in [9.17, 15) is 9.59 Å². The SMILES string of the molecule is COc1ccc2cc(NC(=O)[C@H](C)n3cnc4ccccc4c3=O)cnc2c1. The maximum Gasteiger partial charge on any atom is 0.261 e. The van der Waals surface area contributed by atoms with Crippen molar-refractivity contribution in [1.82, 2.24) is 14.5 Å². The fourth-order valence-electron chi connectivity index (χ4n) is 3.03. The number of hydrogen-bond donors (Lipinski definition) is 1. The normalized spacial score (nSPS) is 12.1. The number of hydrogen-bond acceptors (Lipinski definition) is 5. The van der Waals surface area contributed by atoms with Gasteiger partial charge in [-0.1, -0.05) is 12.1 Å². The Kier molecular flexibility index (Phi) is 4.49. The zero-order valence-electron chi connectivity index (χ0n) is 15.4. The molecule has 0 saturated heterocycles. The molecule has 7 nitrogen and oxygen atoms in total. The molecule has 0 fully saturated rings. The molecule has 2 aromatic carbocycles. The lowest BCUT2D eigenvalue weighted by molar-refractivity contribution is -0.118. The molecule has 1 amide bonds. The summed E-state index contributed by atoms with van der Waals surface area (Å²) < 4.78 is 6.52. The van der Waals surface area contributed by atoms with Gasteiger partial charge < -0.3 is 10.1 Å². The molecule has 0 spiro atoms. The van der Waals surface area contributed by atoms with E-state index in [4.69, 9.17) is 4.74 Å². The molecule has 28 heavy (non-hydrogen) atoms. The Morgan fingerprint density at radius 3 is 2.75 bits per heavy atom.